The molecule has 9 aromatic carbocycles. The van der Waals surface area contributed by atoms with Crippen molar-refractivity contribution in [3.63, 3.8) is 0 Å². The van der Waals surface area contributed by atoms with E-state index in [0.29, 0.717) is 0 Å². The molecule has 3 nitrogen and oxygen atoms in total. The molecule has 2 heterocycles. The number of rotatable bonds is 8. The molecular formula is C64H47N3. The summed E-state index contributed by atoms with van der Waals surface area (Å²) in [5.74, 6) is 0. The van der Waals surface area contributed by atoms with Crippen molar-refractivity contribution in [3.8, 4) is 39.1 Å². The van der Waals surface area contributed by atoms with E-state index in [4.69, 9.17) is 0 Å². The van der Waals surface area contributed by atoms with Gasteiger partial charge >= 0.3 is 0 Å². The zero-order valence-corrected chi connectivity index (χ0v) is 37.2. The molecule has 3 aliphatic rings. The van der Waals surface area contributed by atoms with E-state index in [1.807, 2.05) is 0 Å². The molecule has 0 saturated carbocycles. The topological polar surface area (TPSA) is 11.4 Å². The van der Waals surface area contributed by atoms with Gasteiger partial charge in [0.25, 0.3) is 0 Å². The molecule has 0 fully saturated rings. The van der Waals surface area contributed by atoms with Gasteiger partial charge in [-0.2, -0.15) is 0 Å². The van der Waals surface area contributed by atoms with Crippen molar-refractivity contribution in [1.29, 1.82) is 0 Å². The molecule has 1 aliphatic heterocycles. The number of hydrogen-bond donors (Lipinski definition) is 0. The monoisotopic (exact) mass is 857 g/mol. The van der Waals surface area contributed by atoms with Gasteiger partial charge in [-0.3, -0.25) is 0 Å². The Hall–Kier alpha value is -8.40. The van der Waals surface area contributed by atoms with Gasteiger partial charge < -0.3 is 14.4 Å². The van der Waals surface area contributed by atoms with Crippen LogP contribution in [0.4, 0.5) is 28.4 Å². The van der Waals surface area contributed by atoms with Crippen molar-refractivity contribution in [3.05, 3.63) is 253 Å². The standard InChI is InChI=1S/C64H47N3/c1-5-17-44(18-6-1)49-39-50(45-19-7-2-8-20-45)41-55(40-49)65(54-36-38-61-59(43-54)56-27-13-14-29-60(56)66(61)51-23-9-3-10-24-51)53-34-31-46(32-35-53)48-33-37-57-58-28-15-21-47-22-16-30-62(64(47)58)67(63(57)42-48)52-25-11-4-12-26-52/h1,3-7,9-15,17-21,23-43H,2,8,16,22H2. The summed E-state index contributed by atoms with van der Waals surface area (Å²) < 4.78 is 2.39. The second-order valence-electron chi connectivity index (χ2n) is 17.9. The van der Waals surface area contributed by atoms with Gasteiger partial charge in [-0.25, -0.2) is 0 Å². The number of para-hydroxylation sites is 3. The Morgan fingerprint density at radius 3 is 1.91 bits per heavy atom. The smallest absolute Gasteiger partial charge is 0.0546 e. The highest BCUT2D eigenvalue weighted by Crippen LogP contribution is 2.52. The number of nitrogens with zero attached hydrogens (tertiary/aromatic N) is 3. The Labute approximate surface area is 392 Å². The third kappa shape index (κ3) is 6.73. The molecular weight excluding hydrogens is 811 g/mol. The average molecular weight is 858 g/mol. The molecule has 0 bridgehead atoms. The second-order valence-corrected chi connectivity index (χ2v) is 17.9. The third-order valence-electron chi connectivity index (χ3n) is 13.9. The average Bonchev–Trinajstić information content (AvgIpc) is 3.74. The van der Waals surface area contributed by atoms with E-state index in [9.17, 15) is 0 Å². The first-order valence-electron chi connectivity index (χ1n) is 23.6. The molecule has 1 aromatic heterocycles. The van der Waals surface area contributed by atoms with E-state index in [2.05, 4.69) is 251 Å². The summed E-state index contributed by atoms with van der Waals surface area (Å²) in [5, 5.41) is 2.45. The van der Waals surface area contributed by atoms with Crippen LogP contribution in [0.2, 0.25) is 0 Å². The maximum atomic E-state index is 2.49. The Morgan fingerprint density at radius 1 is 0.403 bits per heavy atom. The summed E-state index contributed by atoms with van der Waals surface area (Å²) in [6.45, 7) is 0. The quantitative estimate of drug-likeness (QED) is 0.151. The van der Waals surface area contributed by atoms with Crippen LogP contribution in [0.25, 0.3) is 72.1 Å². The molecule has 2 aliphatic carbocycles. The zero-order chi connectivity index (χ0) is 44.3. The van der Waals surface area contributed by atoms with Crippen molar-refractivity contribution < 1.29 is 0 Å². The molecule has 13 rings (SSSR count). The van der Waals surface area contributed by atoms with Crippen molar-refractivity contribution in [1.82, 2.24) is 4.57 Å². The molecule has 0 N–H and O–H groups in total. The van der Waals surface area contributed by atoms with Crippen LogP contribution in [0.3, 0.4) is 0 Å². The number of anilines is 5. The number of benzene rings is 9. The molecule has 0 unspecified atom stereocenters. The summed E-state index contributed by atoms with van der Waals surface area (Å²) >= 11 is 0. The van der Waals surface area contributed by atoms with Crippen LogP contribution in [0.15, 0.2) is 237 Å². The molecule has 0 atom stereocenters. The van der Waals surface area contributed by atoms with Gasteiger partial charge in [-0.05, 0) is 155 Å². The fourth-order valence-corrected chi connectivity index (χ4v) is 10.9. The van der Waals surface area contributed by atoms with Crippen molar-refractivity contribution in [2.45, 2.75) is 25.7 Å². The van der Waals surface area contributed by atoms with E-state index < -0.39 is 0 Å². The highest BCUT2D eigenvalue weighted by atomic mass is 15.2. The van der Waals surface area contributed by atoms with Gasteiger partial charge in [0.1, 0.15) is 0 Å². The summed E-state index contributed by atoms with van der Waals surface area (Å²) in [4.78, 5) is 4.94. The summed E-state index contributed by atoms with van der Waals surface area (Å²) in [5.41, 5.74) is 23.2. The van der Waals surface area contributed by atoms with Crippen LogP contribution in [-0.4, -0.2) is 4.57 Å². The van der Waals surface area contributed by atoms with Crippen molar-refractivity contribution in [2.24, 2.45) is 0 Å². The first kappa shape index (κ1) is 39.0. The van der Waals surface area contributed by atoms with Gasteiger partial charge in [0, 0.05) is 50.3 Å². The minimum atomic E-state index is 1.04. The third-order valence-corrected chi connectivity index (χ3v) is 13.9. The maximum Gasteiger partial charge on any atom is 0.0546 e. The van der Waals surface area contributed by atoms with E-state index in [-0.39, 0.29) is 0 Å². The Morgan fingerprint density at radius 2 is 1.10 bits per heavy atom. The van der Waals surface area contributed by atoms with E-state index in [1.54, 1.807) is 0 Å². The first-order chi connectivity index (χ1) is 33.2. The van der Waals surface area contributed by atoms with Crippen LogP contribution < -0.4 is 9.80 Å². The van der Waals surface area contributed by atoms with E-state index in [0.717, 1.165) is 48.4 Å². The highest BCUT2D eigenvalue weighted by Gasteiger charge is 2.31. The number of fused-ring (bicyclic) bond motifs is 5. The molecule has 0 spiro atoms. The minimum Gasteiger partial charge on any atom is -0.310 e. The minimum absolute atomic E-state index is 1.04. The lowest BCUT2D eigenvalue weighted by Gasteiger charge is -2.38. The normalized spacial score (nSPS) is 13.8. The van der Waals surface area contributed by atoms with E-state index in [1.165, 1.54) is 94.5 Å². The van der Waals surface area contributed by atoms with E-state index >= 15 is 0 Å². The Kier molecular flexibility index (Phi) is 9.45. The zero-order valence-electron chi connectivity index (χ0n) is 37.2. The molecule has 0 amide bonds. The molecule has 0 saturated heterocycles. The lowest BCUT2D eigenvalue weighted by atomic mass is 9.82. The SMILES string of the molecule is C1=CC(c2cc(-c3ccccc3)cc(N(c3ccc(-c4ccc5c(c4)N(c4ccccc4)C4=CCCc6cccc-5c64)cc3)c3ccc4c(c3)c3ccccc3n4-c3ccccc3)c2)=CCC1. The first-order valence-corrected chi connectivity index (χ1v) is 23.6. The van der Waals surface area contributed by atoms with Crippen LogP contribution in [0, 0.1) is 0 Å². The fourth-order valence-electron chi connectivity index (χ4n) is 10.9. The van der Waals surface area contributed by atoms with Crippen LogP contribution in [-0.2, 0) is 6.42 Å². The van der Waals surface area contributed by atoms with Crippen molar-refractivity contribution in [2.75, 3.05) is 9.80 Å². The lowest BCUT2D eigenvalue weighted by molar-refractivity contribution is 0.965. The Bertz CT molecular complexity index is 3610. The number of aromatic nitrogens is 1. The summed E-state index contributed by atoms with van der Waals surface area (Å²) in [6.07, 6.45) is 13.6. The predicted molar refractivity (Wildman–Crippen MR) is 283 cm³/mol. The lowest BCUT2D eigenvalue weighted by Crippen LogP contribution is -2.23. The molecule has 67 heavy (non-hydrogen) atoms. The molecule has 0 radical (unpaired) electrons. The van der Waals surface area contributed by atoms with Gasteiger partial charge in [0.2, 0.25) is 0 Å². The predicted octanol–water partition coefficient (Wildman–Crippen LogP) is 17.4. The van der Waals surface area contributed by atoms with Crippen LogP contribution in [0.1, 0.15) is 36.0 Å². The van der Waals surface area contributed by atoms with Crippen LogP contribution in [0.5, 0.6) is 0 Å². The number of hydrogen-bond acceptors (Lipinski definition) is 2. The number of aryl methyl sites for hydroxylation is 1. The maximum absolute atomic E-state index is 2.49. The Balaban J connectivity index is 0.980. The largest absolute Gasteiger partial charge is 0.310 e. The van der Waals surface area contributed by atoms with Gasteiger partial charge in [0.05, 0.1) is 22.4 Å². The van der Waals surface area contributed by atoms with Crippen molar-refractivity contribution >= 4 is 61.5 Å². The molecule has 10 aromatic rings. The second kappa shape index (κ2) is 16.2. The van der Waals surface area contributed by atoms with Gasteiger partial charge in [0.15, 0.2) is 0 Å². The summed E-state index contributed by atoms with van der Waals surface area (Å²) in [7, 11) is 0. The summed E-state index contributed by atoms with van der Waals surface area (Å²) in [6, 6.07) is 78.4. The van der Waals surface area contributed by atoms with Gasteiger partial charge in [-0.15, -0.1) is 0 Å². The molecule has 3 heteroatoms. The molecule has 318 valence electrons. The van der Waals surface area contributed by atoms with Crippen LogP contribution >= 0.6 is 0 Å². The van der Waals surface area contributed by atoms with Gasteiger partial charge in [-0.1, -0.05) is 152 Å². The number of allylic oxidation sites excluding steroid dienone is 5. The fraction of sp³-hybridized carbons (Fsp3) is 0.0625. The highest BCUT2D eigenvalue weighted by molar-refractivity contribution is 6.11.